The Hall–Kier alpha value is -1.31. The lowest BCUT2D eigenvalue weighted by Crippen LogP contribution is -2.19. The smallest absolute Gasteiger partial charge is 0.235 e. The van der Waals surface area contributed by atoms with E-state index in [9.17, 15) is 9.90 Å². The first kappa shape index (κ1) is 12.2. The normalized spacial score (nSPS) is 17.8. The number of aryl methyl sites for hydroxylation is 1. The lowest BCUT2D eigenvalue weighted by molar-refractivity contribution is 0.408. The van der Waals surface area contributed by atoms with Gasteiger partial charge >= 0.3 is 0 Å². The molecule has 1 N–H and O–H groups in total. The molecule has 1 aliphatic rings. The number of nitrogens with zero attached hydrogens (tertiary/aromatic N) is 1. The third kappa shape index (κ3) is 2.08. The van der Waals surface area contributed by atoms with E-state index in [1.165, 1.54) is 0 Å². The maximum Gasteiger partial charge on any atom is 0.235 e. The largest absolute Gasteiger partial charge is 0.508 e. The summed E-state index contributed by atoms with van der Waals surface area (Å²) < 4.78 is 0. The van der Waals surface area contributed by atoms with Gasteiger partial charge in [0.1, 0.15) is 11.3 Å². The van der Waals surface area contributed by atoms with Crippen molar-refractivity contribution in [3.63, 3.8) is 0 Å². The van der Waals surface area contributed by atoms with E-state index in [2.05, 4.69) is 4.99 Å². The zero-order chi connectivity index (χ0) is 12.5. The Kier molecular flexibility index (Phi) is 3.23. The van der Waals surface area contributed by atoms with Crippen molar-refractivity contribution in [1.29, 1.82) is 0 Å². The maximum absolute atomic E-state index is 10.6. The van der Waals surface area contributed by atoms with Crippen LogP contribution in [0.25, 0.3) is 0 Å². The second kappa shape index (κ2) is 4.52. The van der Waals surface area contributed by atoms with Gasteiger partial charge in [-0.2, -0.15) is 4.99 Å². The fraction of sp³-hybridized carbons (Fsp3) is 0.462. The summed E-state index contributed by atoms with van der Waals surface area (Å²) in [6, 6.07) is 3.34. The van der Waals surface area contributed by atoms with Crippen LogP contribution in [0, 0.1) is 6.92 Å². The number of phenols is 1. The van der Waals surface area contributed by atoms with Gasteiger partial charge in [0.15, 0.2) is 0 Å². The number of aromatic hydroxyl groups is 1. The van der Waals surface area contributed by atoms with Crippen LogP contribution in [0.15, 0.2) is 17.1 Å². The summed E-state index contributed by atoms with van der Waals surface area (Å²) >= 11 is 6.08. The van der Waals surface area contributed by atoms with Crippen molar-refractivity contribution in [3.05, 3.63) is 28.3 Å². The van der Waals surface area contributed by atoms with E-state index in [0.717, 1.165) is 31.2 Å². The van der Waals surface area contributed by atoms with Gasteiger partial charge in [-0.1, -0.05) is 24.4 Å². The fourth-order valence-electron chi connectivity index (χ4n) is 2.53. The van der Waals surface area contributed by atoms with Crippen LogP contribution >= 0.6 is 11.6 Å². The summed E-state index contributed by atoms with van der Waals surface area (Å²) in [4.78, 5) is 14.5. The van der Waals surface area contributed by atoms with Crippen molar-refractivity contribution in [1.82, 2.24) is 0 Å². The minimum absolute atomic E-state index is 0.160. The Labute approximate surface area is 105 Å². The second-order valence-electron chi connectivity index (χ2n) is 4.56. The third-order valence-corrected chi connectivity index (χ3v) is 3.88. The number of halogens is 1. The minimum atomic E-state index is -0.622. The SMILES string of the molecule is Cc1cc(O)c(C2(N=C=O)CCCC2)cc1Cl. The molecule has 2 rings (SSSR count). The van der Waals surface area contributed by atoms with E-state index >= 15 is 0 Å². The van der Waals surface area contributed by atoms with Gasteiger partial charge in [0.25, 0.3) is 0 Å². The molecule has 0 unspecified atom stereocenters. The maximum atomic E-state index is 10.6. The molecule has 1 aliphatic carbocycles. The van der Waals surface area contributed by atoms with Crippen LogP contribution < -0.4 is 0 Å². The van der Waals surface area contributed by atoms with Crippen molar-refractivity contribution in [2.24, 2.45) is 4.99 Å². The van der Waals surface area contributed by atoms with E-state index in [1.807, 2.05) is 6.92 Å². The molecule has 0 bridgehead atoms. The van der Waals surface area contributed by atoms with E-state index in [1.54, 1.807) is 18.2 Å². The van der Waals surface area contributed by atoms with Crippen LogP contribution in [0.3, 0.4) is 0 Å². The molecule has 0 atom stereocenters. The topological polar surface area (TPSA) is 49.7 Å². The van der Waals surface area contributed by atoms with Crippen LogP contribution in [0.4, 0.5) is 0 Å². The number of aliphatic imine (C=N–C) groups is 1. The zero-order valence-electron chi connectivity index (χ0n) is 9.66. The molecule has 1 aromatic rings. The van der Waals surface area contributed by atoms with Gasteiger partial charge in [-0.3, -0.25) is 0 Å². The van der Waals surface area contributed by atoms with Gasteiger partial charge in [-0.15, -0.1) is 0 Å². The van der Waals surface area contributed by atoms with Crippen molar-refractivity contribution in [3.8, 4) is 5.75 Å². The Balaban J connectivity index is 2.57. The predicted molar refractivity (Wildman–Crippen MR) is 66.1 cm³/mol. The molecule has 0 heterocycles. The van der Waals surface area contributed by atoms with Crippen LogP contribution in [0.1, 0.15) is 36.8 Å². The molecule has 0 aliphatic heterocycles. The molecule has 0 spiro atoms. The summed E-state index contributed by atoms with van der Waals surface area (Å²) in [6.45, 7) is 1.83. The van der Waals surface area contributed by atoms with Gasteiger partial charge < -0.3 is 5.11 Å². The molecule has 1 aromatic carbocycles. The van der Waals surface area contributed by atoms with Gasteiger partial charge in [0.05, 0.1) is 0 Å². The summed E-state index contributed by atoms with van der Waals surface area (Å²) in [5, 5.41) is 10.6. The Morgan fingerprint density at radius 3 is 2.65 bits per heavy atom. The monoisotopic (exact) mass is 251 g/mol. The molecule has 90 valence electrons. The van der Waals surface area contributed by atoms with Gasteiger partial charge in [0, 0.05) is 10.6 Å². The molecular formula is C13H14ClNO2. The van der Waals surface area contributed by atoms with Crippen molar-refractivity contribution in [2.75, 3.05) is 0 Å². The zero-order valence-corrected chi connectivity index (χ0v) is 10.4. The highest BCUT2D eigenvalue weighted by Gasteiger charge is 2.38. The fourth-order valence-corrected chi connectivity index (χ4v) is 2.69. The first-order chi connectivity index (χ1) is 8.09. The van der Waals surface area contributed by atoms with E-state index in [-0.39, 0.29) is 5.75 Å². The van der Waals surface area contributed by atoms with E-state index in [4.69, 9.17) is 11.6 Å². The molecule has 17 heavy (non-hydrogen) atoms. The highest BCUT2D eigenvalue weighted by atomic mass is 35.5. The number of phenolic OH excluding ortho intramolecular Hbond substituents is 1. The number of isocyanates is 1. The van der Waals surface area contributed by atoms with Crippen LogP contribution in [0.5, 0.6) is 5.75 Å². The number of benzene rings is 1. The summed E-state index contributed by atoms with van der Waals surface area (Å²) in [6.07, 6.45) is 5.14. The molecule has 0 radical (unpaired) electrons. The van der Waals surface area contributed by atoms with Crippen molar-refractivity contribution >= 4 is 17.7 Å². The lowest BCUT2D eigenvalue weighted by atomic mass is 9.87. The molecule has 1 saturated carbocycles. The highest BCUT2D eigenvalue weighted by molar-refractivity contribution is 6.31. The van der Waals surface area contributed by atoms with E-state index < -0.39 is 5.54 Å². The Bertz CT molecular complexity index is 486. The number of carbonyl (C=O) groups excluding carboxylic acids is 1. The van der Waals surface area contributed by atoms with Crippen LogP contribution in [-0.2, 0) is 10.3 Å². The van der Waals surface area contributed by atoms with Crippen LogP contribution in [-0.4, -0.2) is 11.2 Å². The molecular weight excluding hydrogens is 238 g/mol. The molecule has 0 aromatic heterocycles. The number of hydrogen-bond donors (Lipinski definition) is 1. The molecule has 0 saturated heterocycles. The molecule has 0 amide bonds. The second-order valence-corrected chi connectivity index (χ2v) is 4.97. The van der Waals surface area contributed by atoms with Gasteiger partial charge in [-0.05, 0) is 37.5 Å². The quantitative estimate of drug-likeness (QED) is 0.646. The number of hydrogen-bond acceptors (Lipinski definition) is 3. The lowest BCUT2D eigenvalue weighted by Gasteiger charge is -2.24. The van der Waals surface area contributed by atoms with Crippen LogP contribution in [0.2, 0.25) is 5.02 Å². The highest BCUT2D eigenvalue weighted by Crippen LogP contribution is 2.46. The third-order valence-electron chi connectivity index (χ3n) is 3.47. The van der Waals surface area contributed by atoms with Gasteiger partial charge in [0.2, 0.25) is 6.08 Å². The van der Waals surface area contributed by atoms with Gasteiger partial charge in [-0.25, -0.2) is 4.79 Å². The van der Waals surface area contributed by atoms with Crippen molar-refractivity contribution < 1.29 is 9.90 Å². The summed E-state index contributed by atoms with van der Waals surface area (Å²) in [5.74, 6) is 0.160. The minimum Gasteiger partial charge on any atom is -0.508 e. The predicted octanol–water partition coefficient (Wildman–Crippen LogP) is 3.46. The van der Waals surface area contributed by atoms with E-state index in [0.29, 0.717) is 10.6 Å². The first-order valence-electron chi connectivity index (χ1n) is 5.68. The summed E-state index contributed by atoms with van der Waals surface area (Å²) in [5.41, 5.74) is 0.841. The average Bonchev–Trinajstić information content (AvgIpc) is 2.73. The Morgan fingerprint density at radius 1 is 1.41 bits per heavy atom. The Morgan fingerprint density at radius 2 is 2.06 bits per heavy atom. The average molecular weight is 252 g/mol. The molecule has 3 nitrogen and oxygen atoms in total. The standard InChI is InChI=1S/C13H14ClNO2/c1-9-6-12(17)10(7-11(9)14)13(15-8-16)4-2-3-5-13/h6-7,17H,2-5H2,1H3. The molecule has 1 fully saturated rings. The molecule has 4 heteroatoms. The van der Waals surface area contributed by atoms with Crippen molar-refractivity contribution in [2.45, 2.75) is 38.1 Å². The number of rotatable bonds is 2. The summed E-state index contributed by atoms with van der Waals surface area (Å²) in [7, 11) is 0. The first-order valence-corrected chi connectivity index (χ1v) is 6.05.